The Balaban J connectivity index is 0. The molecule has 2 rings (SSSR count). The number of aryl methyl sites for hydroxylation is 2. The van der Waals surface area contributed by atoms with E-state index in [1.54, 1.807) is 6.08 Å². The van der Waals surface area contributed by atoms with Crippen LogP contribution in [0.1, 0.15) is 138 Å². The first kappa shape index (κ1) is 47.3. The highest BCUT2D eigenvalue weighted by Crippen LogP contribution is 2.34. The minimum absolute atomic E-state index is 0.00496. The van der Waals surface area contributed by atoms with Gasteiger partial charge in [0.2, 0.25) is 0 Å². The van der Waals surface area contributed by atoms with Gasteiger partial charge in [0.1, 0.15) is 0 Å². The van der Waals surface area contributed by atoms with Crippen molar-refractivity contribution >= 4 is 23.5 Å². The molecule has 0 amide bonds. The first-order chi connectivity index (χ1) is 23.1. The molecule has 0 saturated heterocycles. The molecule has 2 nitrogen and oxygen atoms in total. The summed E-state index contributed by atoms with van der Waals surface area (Å²) < 4.78 is 2.34. The third-order valence-corrected chi connectivity index (χ3v) is 7.49. The van der Waals surface area contributed by atoms with Crippen LogP contribution in [0.2, 0.25) is 0 Å². The molecule has 0 fully saturated rings. The van der Waals surface area contributed by atoms with Crippen molar-refractivity contribution in [2.75, 3.05) is 11.9 Å². The fourth-order valence-electron chi connectivity index (χ4n) is 5.26. The van der Waals surface area contributed by atoms with E-state index in [9.17, 15) is 0 Å². The standard InChI is InChI=1S/C40H56N2.C3H6.2C2H6/c1-14-18-22-32(20-15-2)29-37(39(7,8)9)41(13)35-26-25-33(30(5)27-35)23-19-24-34(21-16-3)42-36(17-4)31(6)28-38(42)40(10,11)12;1-3-2;2*1-2/h14,16-21,23-29H,4,15,22H2,1-3,5-13H3;3H,1H2,2H3;2*1-2H3/b18-14-,21-16+,23-19+,32-20+,34-24+,37-29-;;;. The average Bonchev–Trinajstić information content (AvgIpc) is 3.40. The fourth-order valence-corrected chi connectivity index (χ4v) is 5.26. The normalized spacial score (nSPS) is 12.6. The number of benzene rings is 1. The van der Waals surface area contributed by atoms with E-state index in [4.69, 9.17) is 0 Å². The maximum absolute atomic E-state index is 4.11. The Bertz CT molecular complexity index is 1450. The van der Waals surface area contributed by atoms with Crippen LogP contribution >= 0.6 is 0 Å². The summed E-state index contributed by atoms with van der Waals surface area (Å²) in [5.41, 5.74) is 11.1. The van der Waals surface area contributed by atoms with Gasteiger partial charge < -0.3 is 9.47 Å². The van der Waals surface area contributed by atoms with Crippen LogP contribution in [-0.4, -0.2) is 11.6 Å². The predicted octanol–water partition coefficient (Wildman–Crippen LogP) is 15.1. The summed E-state index contributed by atoms with van der Waals surface area (Å²) in [6, 6.07) is 9.06. The van der Waals surface area contributed by atoms with E-state index in [2.05, 4.69) is 185 Å². The van der Waals surface area contributed by atoms with Gasteiger partial charge in [-0.15, -0.1) is 6.58 Å². The lowest BCUT2D eigenvalue weighted by molar-refractivity contribution is 0.489. The summed E-state index contributed by atoms with van der Waals surface area (Å²) in [6.45, 7) is 41.8. The van der Waals surface area contributed by atoms with E-state index in [1.165, 1.54) is 39.3 Å². The summed E-state index contributed by atoms with van der Waals surface area (Å²) in [6.07, 6.45) is 25.6. The summed E-state index contributed by atoms with van der Waals surface area (Å²) >= 11 is 0. The second-order valence-electron chi connectivity index (χ2n) is 13.6. The van der Waals surface area contributed by atoms with Crippen molar-refractivity contribution in [3.63, 3.8) is 0 Å². The van der Waals surface area contributed by atoms with Gasteiger partial charge >= 0.3 is 0 Å². The van der Waals surface area contributed by atoms with Gasteiger partial charge in [0, 0.05) is 46.3 Å². The SMILES string of the molecule is C=CC.C=Cc1c(C)cc(C(C)(C)C)n1C(/C=C/C)=C/C=C/c1ccc(N(C)/C(=C\C(=C\CC)C/C=C\C)C(C)(C)C)cc1C.CC.CC. The van der Waals surface area contributed by atoms with Gasteiger partial charge in [-0.2, -0.15) is 0 Å². The molecule has 0 N–H and O–H groups in total. The van der Waals surface area contributed by atoms with Crippen molar-refractivity contribution in [3.05, 3.63) is 131 Å². The van der Waals surface area contributed by atoms with Crippen molar-refractivity contribution in [1.82, 2.24) is 4.57 Å². The Kier molecular flexibility index (Phi) is 23.5. The summed E-state index contributed by atoms with van der Waals surface area (Å²) in [7, 11) is 2.19. The lowest BCUT2D eigenvalue weighted by Gasteiger charge is -2.33. The molecule has 0 saturated carbocycles. The van der Waals surface area contributed by atoms with Crippen molar-refractivity contribution in [1.29, 1.82) is 0 Å². The predicted molar refractivity (Wildman–Crippen MR) is 230 cm³/mol. The monoisotopic (exact) mass is 667 g/mol. The Morgan fingerprint density at radius 1 is 0.878 bits per heavy atom. The molecule has 272 valence electrons. The van der Waals surface area contributed by atoms with Crippen LogP contribution in [0.15, 0.2) is 103 Å². The van der Waals surface area contributed by atoms with E-state index in [-0.39, 0.29) is 10.8 Å². The lowest BCUT2D eigenvalue weighted by Crippen LogP contribution is -2.27. The van der Waals surface area contributed by atoms with Gasteiger partial charge in [0.05, 0.1) is 0 Å². The zero-order valence-electron chi connectivity index (χ0n) is 34.9. The number of nitrogens with zero attached hydrogens (tertiary/aromatic N) is 2. The van der Waals surface area contributed by atoms with Crippen molar-refractivity contribution in [2.45, 2.75) is 129 Å². The maximum Gasteiger partial charge on any atom is 0.0482 e. The molecule has 0 aliphatic heterocycles. The van der Waals surface area contributed by atoms with Crippen molar-refractivity contribution < 1.29 is 0 Å². The van der Waals surface area contributed by atoms with Crippen LogP contribution in [0, 0.1) is 19.3 Å². The minimum Gasteiger partial charge on any atom is -0.348 e. The minimum atomic E-state index is 0.00496. The second-order valence-corrected chi connectivity index (χ2v) is 13.6. The van der Waals surface area contributed by atoms with Crippen molar-refractivity contribution in [3.8, 4) is 0 Å². The van der Waals surface area contributed by atoms with E-state index in [1.807, 2.05) is 40.7 Å². The summed E-state index contributed by atoms with van der Waals surface area (Å²) in [4.78, 5) is 2.35. The highest BCUT2D eigenvalue weighted by molar-refractivity contribution is 5.70. The maximum atomic E-state index is 4.11. The smallest absolute Gasteiger partial charge is 0.0482 e. The summed E-state index contributed by atoms with van der Waals surface area (Å²) in [5, 5.41) is 0. The summed E-state index contributed by atoms with van der Waals surface area (Å²) in [5.74, 6) is 0. The van der Waals surface area contributed by atoms with Gasteiger partial charge in [-0.1, -0.05) is 131 Å². The average molecular weight is 667 g/mol. The molecule has 0 atom stereocenters. The van der Waals surface area contributed by atoms with Gasteiger partial charge in [-0.3, -0.25) is 0 Å². The zero-order valence-corrected chi connectivity index (χ0v) is 34.9. The van der Waals surface area contributed by atoms with E-state index in [0.29, 0.717) is 0 Å². The molecule has 0 aliphatic carbocycles. The number of rotatable bonds is 11. The largest absolute Gasteiger partial charge is 0.348 e. The number of hydrogen-bond donors (Lipinski definition) is 0. The molecule has 0 unspecified atom stereocenters. The van der Waals surface area contributed by atoms with E-state index >= 15 is 0 Å². The van der Waals surface area contributed by atoms with E-state index < -0.39 is 0 Å². The second kappa shape index (κ2) is 24.4. The van der Waals surface area contributed by atoms with Crippen LogP contribution < -0.4 is 4.90 Å². The molecule has 2 aromatic rings. The highest BCUT2D eigenvalue weighted by Gasteiger charge is 2.24. The Hall–Kier alpha value is -3.78. The van der Waals surface area contributed by atoms with Gasteiger partial charge in [-0.05, 0) is 112 Å². The van der Waals surface area contributed by atoms with E-state index in [0.717, 1.165) is 24.2 Å². The number of allylic oxidation sites excluding steroid dienone is 12. The first-order valence-electron chi connectivity index (χ1n) is 18.4. The fraction of sp³-hybridized carbons (Fsp3) is 0.447. The first-order valence-corrected chi connectivity index (χ1v) is 18.4. The van der Waals surface area contributed by atoms with Crippen LogP contribution in [0.3, 0.4) is 0 Å². The molecular weight excluding hydrogens is 593 g/mol. The molecule has 2 heteroatoms. The lowest BCUT2D eigenvalue weighted by atomic mass is 9.88. The molecule has 0 spiro atoms. The highest BCUT2D eigenvalue weighted by atomic mass is 15.1. The van der Waals surface area contributed by atoms with Crippen LogP contribution in [0.5, 0.6) is 0 Å². The zero-order chi connectivity index (χ0) is 38.4. The molecule has 0 aliphatic rings. The molecular formula is C47H74N2. The van der Waals surface area contributed by atoms with Crippen LogP contribution in [0.4, 0.5) is 5.69 Å². The van der Waals surface area contributed by atoms with Crippen LogP contribution in [-0.2, 0) is 5.41 Å². The molecule has 1 aromatic carbocycles. The van der Waals surface area contributed by atoms with Gasteiger partial charge in [0.25, 0.3) is 0 Å². The Labute approximate surface area is 305 Å². The topological polar surface area (TPSA) is 8.17 Å². The number of aromatic nitrogens is 1. The Morgan fingerprint density at radius 3 is 1.92 bits per heavy atom. The Morgan fingerprint density at radius 2 is 1.47 bits per heavy atom. The molecule has 1 heterocycles. The third-order valence-electron chi connectivity index (χ3n) is 7.49. The van der Waals surface area contributed by atoms with Crippen LogP contribution in [0.25, 0.3) is 17.8 Å². The molecule has 0 radical (unpaired) electrons. The van der Waals surface area contributed by atoms with Crippen molar-refractivity contribution in [2.24, 2.45) is 5.41 Å². The molecule has 49 heavy (non-hydrogen) atoms. The van der Waals surface area contributed by atoms with Gasteiger partial charge in [-0.25, -0.2) is 0 Å². The third kappa shape index (κ3) is 15.5. The van der Waals surface area contributed by atoms with Gasteiger partial charge in [0.15, 0.2) is 0 Å². The molecule has 1 aromatic heterocycles. The number of anilines is 1. The number of hydrogen-bond acceptors (Lipinski definition) is 1. The molecule has 0 bridgehead atoms. The quantitative estimate of drug-likeness (QED) is 0.171.